The van der Waals surface area contributed by atoms with E-state index in [9.17, 15) is 19.5 Å². The summed E-state index contributed by atoms with van der Waals surface area (Å²) >= 11 is 1.59. The average molecular weight is 536 g/mol. The first-order chi connectivity index (χ1) is 17.4. The van der Waals surface area contributed by atoms with Crippen LogP contribution < -0.4 is 10.6 Å². The zero-order chi connectivity index (χ0) is 27.8. The van der Waals surface area contributed by atoms with Crippen LogP contribution in [0, 0.1) is 6.92 Å². The van der Waals surface area contributed by atoms with Gasteiger partial charge in [-0.2, -0.15) is 11.8 Å². The van der Waals surface area contributed by atoms with Crippen molar-refractivity contribution in [2.45, 2.75) is 110 Å². The number of aryl methyl sites for hydroxylation is 1. The van der Waals surface area contributed by atoms with E-state index in [2.05, 4.69) is 17.6 Å². The number of carbonyl (C=O) groups excluding carboxylic acids is 3. The SMILES string of the molecule is CCCC(C)NC(=O)C(c1ccc(O)c(C)c1)N(C(=O)C(CCSC)NC(=O)OC(C)(C)C)C1CCC1. The molecule has 0 bridgehead atoms. The molecule has 3 N–H and O–H groups in total. The molecule has 208 valence electrons. The largest absolute Gasteiger partial charge is 0.508 e. The summed E-state index contributed by atoms with van der Waals surface area (Å²) in [6.07, 6.45) is 6.00. The molecule has 1 aromatic carbocycles. The molecule has 0 aromatic heterocycles. The van der Waals surface area contributed by atoms with Gasteiger partial charge in [0.2, 0.25) is 11.8 Å². The standard InChI is InChI=1S/C28H45N3O5S/c1-8-10-19(3)29-25(33)24(20-13-14-23(32)18(2)17-20)31(21-11-9-12-21)26(34)22(15-16-37-7)30-27(35)36-28(4,5)6/h13-14,17,19,21-22,24,32H,8-12,15-16H2,1-7H3,(H,29,33)(H,30,35). The van der Waals surface area contributed by atoms with E-state index < -0.39 is 23.8 Å². The lowest BCUT2D eigenvalue weighted by molar-refractivity contribution is -0.147. The zero-order valence-corrected chi connectivity index (χ0v) is 24.2. The molecule has 1 aliphatic rings. The maximum absolute atomic E-state index is 14.2. The summed E-state index contributed by atoms with van der Waals surface area (Å²) in [5.41, 5.74) is 0.563. The Morgan fingerprint density at radius 3 is 2.38 bits per heavy atom. The molecular weight excluding hydrogens is 490 g/mol. The highest BCUT2D eigenvalue weighted by atomic mass is 32.2. The third-order valence-electron chi connectivity index (χ3n) is 6.50. The number of carbonyl (C=O) groups is 3. The first-order valence-electron chi connectivity index (χ1n) is 13.3. The van der Waals surface area contributed by atoms with Gasteiger partial charge in [0, 0.05) is 12.1 Å². The van der Waals surface area contributed by atoms with Gasteiger partial charge >= 0.3 is 6.09 Å². The number of amides is 3. The summed E-state index contributed by atoms with van der Waals surface area (Å²) in [6, 6.07) is 3.15. The zero-order valence-electron chi connectivity index (χ0n) is 23.4. The normalized spacial score (nSPS) is 16.2. The average Bonchev–Trinajstić information content (AvgIpc) is 2.75. The van der Waals surface area contributed by atoms with Gasteiger partial charge in [-0.15, -0.1) is 0 Å². The van der Waals surface area contributed by atoms with E-state index in [0.717, 1.165) is 32.1 Å². The van der Waals surface area contributed by atoms with Gasteiger partial charge in [0.25, 0.3) is 0 Å². The molecular formula is C28H45N3O5S. The van der Waals surface area contributed by atoms with Crippen molar-refractivity contribution in [1.82, 2.24) is 15.5 Å². The molecule has 0 spiro atoms. The topological polar surface area (TPSA) is 108 Å². The number of ether oxygens (including phenoxy) is 1. The molecule has 1 aliphatic carbocycles. The second-order valence-electron chi connectivity index (χ2n) is 11.0. The van der Waals surface area contributed by atoms with Crippen LogP contribution in [0.1, 0.15) is 90.3 Å². The van der Waals surface area contributed by atoms with Crippen LogP contribution in [0.15, 0.2) is 18.2 Å². The van der Waals surface area contributed by atoms with E-state index in [1.165, 1.54) is 0 Å². The summed E-state index contributed by atoms with van der Waals surface area (Å²) in [5, 5.41) is 16.0. The van der Waals surface area contributed by atoms with Gasteiger partial charge in [0.1, 0.15) is 23.4 Å². The minimum absolute atomic E-state index is 0.0521. The molecule has 3 unspecified atom stereocenters. The van der Waals surface area contributed by atoms with Crippen LogP contribution in [-0.4, -0.2) is 63.6 Å². The van der Waals surface area contributed by atoms with Crippen LogP contribution in [-0.2, 0) is 14.3 Å². The fraction of sp³-hybridized carbons (Fsp3) is 0.679. The highest BCUT2D eigenvalue weighted by Crippen LogP contribution is 2.35. The van der Waals surface area contributed by atoms with Crippen molar-refractivity contribution in [3.8, 4) is 5.75 Å². The quantitative estimate of drug-likeness (QED) is 0.345. The lowest BCUT2D eigenvalue weighted by atomic mass is 9.87. The molecule has 0 aliphatic heterocycles. The molecule has 1 saturated carbocycles. The van der Waals surface area contributed by atoms with Gasteiger partial charge in [0.15, 0.2) is 0 Å². The number of nitrogens with one attached hydrogen (secondary N) is 2. The minimum atomic E-state index is -0.881. The van der Waals surface area contributed by atoms with Crippen LogP contribution in [0.2, 0.25) is 0 Å². The maximum atomic E-state index is 14.2. The Labute approximate surface area is 226 Å². The smallest absolute Gasteiger partial charge is 0.408 e. The second-order valence-corrected chi connectivity index (χ2v) is 11.9. The molecule has 1 fully saturated rings. The lowest BCUT2D eigenvalue weighted by Crippen LogP contribution is -2.58. The summed E-state index contributed by atoms with van der Waals surface area (Å²) in [6.45, 7) is 11.1. The number of rotatable bonds is 12. The van der Waals surface area contributed by atoms with Gasteiger partial charge < -0.3 is 25.4 Å². The number of phenolic OH excluding ortho intramolecular Hbond substituents is 1. The number of aromatic hydroxyl groups is 1. The van der Waals surface area contributed by atoms with Crippen molar-refractivity contribution in [3.63, 3.8) is 0 Å². The van der Waals surface area contributed by atoms with Crippen molar-refractivity contribution < 1.29 is 24.2 Å². The van der Waals surface area contributed by atoms with E-state index in [-0.39, 0.29) is 29.6 Å². The predicted molar refractivity (Wildman–Crippen MR) is 149 cm³/mol. The number of nitrogens with zero attached hydrogens (tertiary/aromatic N) is 1. The maximum Gasteiger partial charge on any atom is 0.408 e. The molecule has 9 heteroatoms. The number of hydrogen-bond acceptors (Lipinski definition) is 6. The van der Waals surface area contributed by atoms with Crippen molar-refractivity contribution in [3.05, 3.63) is 29.3 Å². The Bertz CT molecular complexity index is 929. The Morgan fingerprint density at radius 1 is 1.19 bits per heavy atom. The number of thioether (sulfide) groups is 1. The van der Waals surface area contributed by atoms with Gasteiger partial charge in [-0.05, 0) is 102 Å². The Balaban J connectivity index is 2.49. The van der Waals surface area contributed by atoms with Crippen molar-refractivity contribution >= 4 is 29.7 Å². The van der Waals surface area contributed by atoms with Gasteiger partial charge in [-0.3, -0.25) is 9.59 Å². The van der Waals surface area contributed by atoms with E-state index in [1.807, 2.05) is 13.2 Å². The number of alkyl carbamates (subject to hydrolysis) is 1. The molecule has 1 aromatic rings. The van der Waals surface area contributed by atoms with E-state index in [1.54, 1.807) is 62.6 Å². The monoisotopic (exact) mass is 535 g/mol. The Hall–Kier alpha value is -2.42. The van der Waals surface area contributed by atoms with Crippen molar-refractivity contribution in [2.24, 2.45) is 0 Å². The number of benzene rings is 1. The van der Waals surface area contributed by atoms with Gasteiger partial charge in [-0.1, -0.05) is 19.4 Å². The second kappa shape index (κ2) is 13.9. The molecule has 3 atom stereocenters. The summed E-state index contributed by atoms with van der Waals surface area (Å²) in [5.74, 6) is 0.243. The van der Waals surface area contributed by atoms with Crippen LogP contribution in [0.25, 0.3) is 0 Å². The lowest BCUT2D eigenvalue weighted by Gasteiger charge is -2.44. The van der Waals surface area contributed by atoms with Gasteiger partial charge in [-0.25, -0.2) is 4.79 Å². The molecule has 0 radical (unpaired) electrons. The molecule has 2 rings (SSSR count). The summed E-state index contributed by atoms with van der Waals surface area (Å²) < 4.78 is 5.45. The van der Waals surface area contributed by atoms with Crippen molar-refractivity contribution in [2.75, 3.05) is 12.0 Å². The van der Waals surface area contributed by atoms with Crippen molar-refractivity contribution in [1.29, 1.82) is 0 Å². The van der Waals surface area contributed by atoms with E-state index >= 15 is 0 Å². The van der Waals surface area contributed by atoms with Crippen LogP contribution in [0.4, 0.5) is 4.79 Å². The Morgan fingerprint density at radius 2 is 1.86 bits per heavy atom. The fourth-order valence-electron chi connectivity index (χ4n) is 4.42. The first kappa shape index (κ1) is 30.8. The highest BCUT2D eigenvalue weighted by Gasteiger charge is 2.42. The molecule has 3 amide bonds. The first-order valence-corrected chi connectivity index (χ1v) is 14.7. The van der Waals surface area contributed by atoms with Crippen LogP contribution >= 0.6 is 11.8 Å². The number of hydrogen-bond donors (Lipinski definition) is 3. The highest BCUT2D eigenvalue weighted by molar-refractivity contribution is 7.98. The van der Waals surface area contributed by atoms with E-state index in [0.29, 0.717) is 23.3 Å². The Kier molecular flexibility index (Phi) is 11.6. The fourth-order valence-corrected chi connectivity index (χ4v) is 4.89. The van der Waals surface area contributed by atoms with Crippen LogP contribution in [0.3, 0.4) is 0 Å². The number of phenols is 1. The molecule has 0 saturated heterocycles. The predicted octanol–water partition coefficient (Wildman–Crippen LogP) is 5.07. The third-order valence-corrected chi connectivity index (χ3v) is 7.14. The van der Waals surface area contributed by atoms with Crippen LogP contribution in [0.5, 0.6) is 5.75 Å². The van der Waals surface area contributed by atoms with E-state index in [4.69, 9.17) is 4.74 Å². The molecule has 0 heterocycles. The molecule has 8 nitrogen and oxygen atoms in total. The summed E-state index contributed by atoms with van der Waals surface area (Å²) in [4.78, 5) is 42.3. The van der Waals surface area contributed by atoms with Gasteiger partial charge in [0.05, 0.1) is 0 Å². The summed E-state index contributed by atoms with van der Waals surface area (Å²) in [7, 11) is 0. The minimum Gasteiger partial charge on any atom is -0.508 e. The molecule has 37 heavy (non-hydrogen) atoms. The third kappa shape index (κ3) is 9.13.